The largest absolute Gasteiger partial charge is 0.310 e. The van der Waals surface area contributed by atoms with Crippen LogP contribution in [0.2, 0.25) is 0 Å². The molecule has 0 saturated heterocycles. The van der Waals surface area contributed by atoms with E-state index in [-0.39, 0.29) is 5.57 Å². The summed E-state index contributed by atoms with van der Waals surface area (Å²) in [4.78, 5) is 7.00. The highest BCUT2D eigenvalue weighted by Crippen LogP contribution is 2.65. The van der Waals surface area contributed by atoms with E-state index >= 15 is 0 Å². The van der Waals surface area contributed by atoms with Gasteiger partial charge in [-0.1, -0.05) is 140 Å². The van der Waals surface area contributed by atoms with Crippen LogP contribution in [-0.2, 0) is 5.41 Å². The Bertz CT molecular complexity index is 3270. The van der Waals surface area contributed by atoms with Gasteiger partial charge in [0.2, 0.25) is 0 Å². The molecule has 0 radical (unpaired) electrons. The van der Waals surface area contributed by atoms with E-state index in [1.165, 1.54) is 0 Å². The second-order valence-corrected chi connectivity index (χ2v) is 17.5. The number of anilines is 9. The molecule has 0 aliphatic heterocycles. The van der Waals surface area contributed by atoms with Gasteiger partial charge in [0.25, 0.3) is 0 Å². The lowest BCUT2D eigenvalue weighted by Gasteiger charge is -2.34. The maximum Gasteiger partial charge on any atom is 0.130 e. The van der Waals surface area contributed by atoms with Crippen molar-refractivity contribution in [1.82, 2.24) is 0 Å². The lowest BCUT2D eigenvalue weighted by atomic mass is 9.70. The second kappa shape index (κ2) is 17.5. The zero-order valence-electron chi connectivity index (χ0n) is 38.1. The summed E-state index contributed by atoms with van der Waals surface area (Å²) >= 11 is 0. The summed E-state index contributed by atoms with van der Waals surface area (Å²) in [6, 6.07) is 94.8. The minimum absolute atomic E-state index is 0.0488. The molecule has 70 heavy (non-hydrogen) atoms. The molecular weight excluding hydrogens is 851 g/mol. The third-order valence-electron chi connectivity index (χ3n) is 13.7. The van der Waals surface area contributed by atoms with Crippen LogP contribution in [0.15, 0.2) is 260 Å². The Balaban J connectivity index is 1.20. The van der Waals surface area contributed by atoms with Crippen molar-refractivity contribution in [2.45, 2.75) is 5.41 Å². The fourth-order valence-electron chi connectivity index (χ4n) is 10.8. The number of rotatable bonds is 10. The Morgan fingerprint density at radius 1 is 0.300 bits per heavy atom. The van der Waals surface area contributed by atoms with E-state index < -0.39 is 5.41 Å². The molecule has 1 spiro atoms. The van der Waals surface area contributed by atoms with Crippen LogP contribution in [0.1, 0.15) is 27.8 Å². The fraction of sp³-hybridized carbons (Fsp3) is 0.0154. The van der Waals surface area contributed by atoms with Gasteiger partial charge in [-0.2, -0.15) is 10.5 Å². The van der Waals surface area contributed by atoms with Crippen molar-refractivity contribution in [1.29, 1.82) is 10.5 Å². The summed E-state index contributed by atoms with van der Waals surface area (Å²) < 4.78 is 0. The van der Waals surface area contributed by atoms with Crippen LogP contribution < -0.4 is 14.7 Å². The molecule has 328 valence electrons. The van der Waals surface area contributed by atoms with Crippen molar-refractivity contribution in [3.8, 4) is 34.4 Å². The van der Waals surface area contributed by atoms with E-state index in [0.29, 0.717) is 0 Å². The van der Waals surface area contributed by atoms with E-state index in [9.17, 15) is 10.5 Å². The highest BCUT2D eigenvalue weighted by molar-refractivity contribution is 5.99. The molecule has 0 saturated carbocycles. The zero-order valence-corrected chi connectivity index (χ0v) is 38.1. The van der Waals surface area contributed by atoms with E-state index in [1.54, 1.807) is 6.08 Å². The van der Waals surface area contributed by atoms with Gasteiger partial charge in [0.1, 0.15) is 17.7 Å². The Morgan fingerprint density at radius 2 is 0.557 bits per heavy atom. The van der Waals surface area contributed by atoms with Crippen LogP contribution in [-0.4, -0.2) is 0 Å². The van der Waals surface area contributed by atoms with Gasteiger partial charge in [0.05, 0.1) is 5.41 Å². The first-order valence-electron chi connectivity index (χ1n) is 23.5. The maximum absolute atomic E-state index is 10.0. The number of para-hydroxylation sites is 6. The fourth-order valence-corrected chi connectivity index (χ4v) is 10.8. The molecule has 10 aromatic rings. The Morgan fingerprint density at radius 3 is 0.829 bits per heavy atom. The summed E-state index contributed by atoms with van der Waals surface area (Å²) in [6.45, 7) is 0. The molecule has 0 unspecified atom stereocenters. The van der Waals surface area contributed by atoms with Gasteiger partial charge < -0.3 is 14.7 Å². The van der Waals surface area contributed by atoms with Crippen molar-refractivity contribution in [2.75, 3.05) is 14.7 Å². The Kier molecular flexibility index (Phi) is 10.4. The predicted octanol–water partition coefficient (Wildman–Crippen LogP) is 16.9. The average molecular weight is 894 g/mol. The zero-order chi connectivity index (χ0) is 47.0. The van der Waals surface area contributed by atoms with Crippen LogP contribution in [0.5, 0.6) is 0 Å². The minimum atomic E-state index is -0.877. The van der Waals surface area contributed by atoms with Crippen LogP contribution >= 0.6 is 0 Å². The average Bonchev–Trinajstić information content (AvgIpc) is 3.88. The van der Waals surface area contributed by atoms with E-state index in [1.807, 2.05) is 6.07 Å². The standard InChI is InChI=1S/C65H43N5/c66-44-47(45-67)39-46-31-35-57-58-36-32-54(68(48-19-7-1-8-20-48)49-21-9-2-10-22-49)41-62(58)65(61(57)40-46)63-42-55(69(50-23-11-3-12-24-50)51-25-13-4-14-26-51)33-37-59(63)60-38-34-56(43-64(60)65)70(52-27-15-5-16-28-52)53-29-17-6-18-30-53/h1-43H. The first kappa shape index (κ1) is 41.7. The lowest BCUT2D eigenvalue weighted by Crippen LogP contribution is -2.27. The monoisotopic (exact) mass is 893 g/mol. The lowest BCUT2D eigenvalue weighted by molar-refractivity contribution is 0.793. The highest BCUT2D eigenvalue weighted by Gasteiger charge is 2.52. The van der Waals surface area contributed by atoms with Gasteiger partial charge in [-0.05, 0) is 171 Å². The third kappa shape index (κ3) is 6.93. The second-order valence-electron chi connectivity index (χ2n) is 17.5. The molecule has 0 heterocycles. The van der Waals surface area contributed by atoms with Crippen LogP contribution in [0.25, 0.3) is 28.3 Å². The number of benzene rings is 10. The molecule has 10 aromatic carbocycles. The van der Waals surface area contributed by atoms with Gasteiger partial charge in [-0.15, -0.1) is 0 Å². The van der Waals surface area contributed by atoms with Gasteiger partial charge in [0.15, 0.2) is 0 Å². The molecule has 0 aromatic heterocycles. The molecule has 5 nitrogen and oxygen atoms in total. The molecule has 0 N–H and O–H groups in total. The van der Waals surface area contributed by atoms with Crippen LogP contribution in [0.4, 0.5) is 51.2 Å². The van der Waals surface area contributed by atoms with Crippen LogP contribution in [0, 0.1) is 22.7 Å². The molecular formula is C65H43N5. The quantitative estimate of drug-likeness (QED) is 0.128. The van der Waals surface area contributed by atoms with Gasteiger partial charge in [0, 0.05) is 51.2 Å². The maximum atomic E-state index is 10.0. The highest BCUT2D eigenvalue weighted by atomic mass is 15.2. The first-order chi connectivity index (χ1) is 34.6. The number of fused-ring (bicyclic) bond motifs is 10. The molecule has 0 amide bonds. The van der Waals surface area contributed by atoms with Crippen molar-refractivity contribution in [2.24, 2.45) is 0 Å². The van der Waals surface area contributed by atoms with E-state index in [0.717, 1.165) is 101 Å². The molecule has 2 aliphatic rings. The summed E-state index contributed by atoms with van der Waals surface area (Å²) in [7, 11) is 0. The van der Waals surface area contributed by atoms with Crippen molar-refractivity contribution >= 4 is 57.3 Å². The molecule has 0 atom stereocenters. The molecule has 0 bridgehead atoms. The Labute approximate surface area is 408 Å². The number of nitriles is 2. The predicted molar refractivity (Wildman–Crippen MR) is 286 cm³/mol. The van der Waals surface area contributed by atoms with Gasteiger partial charge in [-0.25, -0.2) is 0 Å². The summed E-state index contributed by atoms with van der Waals surface area (Å²) in [5, 5.41) is 20.1. The molecule has 2 aliphatic carbocycles. The molecule has 0 fully saturated rings. The van der Waals surface area contributed by atoms with Crippen molar-refractivity contribution in [3.63, 3.8) is 0 Å². The normalized spacial score (nSPS) is 12.1. The Hall–Kier alpha value is -9.68. The van der Waals surface area contributed by atoms with E-state index in [2.05, 4.69) is 276 Å². The third-order valence-corrected chi connectivity index (χ3v) is 13.7. The number of hydrogen-bond acceptors (Lipinski definition) is 5. The smallest absolute Gasteiger partial charge is 0.130 e. The van der Waals surface area contributed by atoms with Crippen molar-refractivity contribution < 1.29 is 0 Å². The van der Waals surface area contributed by atoms with Crippen LogP contribution in [0.3, 0.4) is 0 Å². The summed E-state index contributed by atoms with van der Waals surface area (Å²) in [6.07, 6.45) is 1.71. The molecule has 12 rings (SSSR count). The number of nitrogens with zero attached hydrogens (tertiary/aromatic N) is 5. The molecule has 5 heteroatoms. The SMILES string of the molecule is N#CC(C#N)=Cc1ccc2c(c1)C1(c3cc(N(c4ccccc4)c4ccccc4)ccc3-2)c2cc(N(c3ccccc3)c3ccccc3)ccc2-c2ccc(N(c3ccccc3)c3ccccc3)cc21. The first-order valence-corrected chi connectivity index (χ1v) is 23.5. The van der Waals surface area contributed by atoms with Gasteiger partial charge >= 0.3 is 0 Å². The number of hydrogen-bond donors (Lipinski definition) is 0. The topological polar surface area (TPSA) is 57.3 Å². The van der Waals surface area contributed by atoms with E-state index in [4.69, 9.17) is 0 Å². The minimum Gasteiger partial charge on any atom is -0.310 e. The van der Waals surface area contributed by atoms with Gasteiger partial charge in [-0.3, -0.25) is 0 Å². The summed E-state index contributed by atoms with van der Waals surface area (Å²) in [5.74, 6) is 0. The summed E-state index contributed by atoms with van der Waals surface area (Å²) in [5.41, 5.74) is 18.3. The number of allylic oxidation sites excluding steroid dienone is 1. The van der Waals surface area contributed by atoms with Crippen molar-refractivity contribution in [3.05, 3.63) is 288 Å².